The molecule has 2 fully saturated rings. The molecule has 0 heterocycles. The first-order valence-electron chi connectivity index (χ1n) is 12.7. The van der Waals surface area contributed by atoms with E-state index < -0.39 is 0 Å². The van der Waals surface area contributed by atoms with E-state index in [9.17, 15) is 9.90 Å². The van der Waals surface area contributed by atoms with Crippen LogP contribution in [0.25, 0.3) is 0 Å². The van der Waals surface area contributed by atoms with E-state index in [0.717, 1.165) is 43.4 Å². The van der Waals surface area contributed by atoms with Crippen LogP contribution in [0, 0.1) is 11.8 Å². The summed E-state index contributed by atoms with van der Waals surface area (Å²) in [4.78, 5) is 12.3. The van der Waals surface area contributed by atoms with Gasteiger partial charge < -0.3 is 9.84 Å². The zero-order valence-electron chi connectivity index (χ0n) is 19.3. The maximum atomic E-state index is 12.3. The van der Waals surface area contributed by atoms with Crippen molar-refractivity contribution in [3.63, 3.8) is 0 Å². The third-order valence-electron chi connectivity index (χ3n) is 8.28. The molecule has 3 aliphatic carbocycles. The minimum atomic E-state index is 0.103. The predicted molar refractivity (Wildman–Crippen MR) is 127 cm³/mol. The van der Waals surface area contributed by atoms with Gasteiger partial charge in [0.25, 0.3) is 0 Å². The third-order valence-corrected chi connectivity index (χ3v) is 8.28. The molecule has 2 aromatic rings. The van der Waals surface area contributed by atoms with Crippen LogP contribution in [0.3, 0.4) is 0 Å². The SMILES string of the molecule is CC(CCCc1ccccc1)Oc1cc(O)c2c(c1)[C@H]1CCCC[C@H]1[C@@H]1CCC(=O)C[C@@H]21. The van der Waals surface area contributed by atoms with Crippen molar-refractivity contribution in [2.75, 3.05) is 0 Å². The largest absolute Gasteiger partial charge is 0.508 e. The van der Waals surface area contributed by atoms with Crippen LogP contribution in [-0.2, 0) is 11.2 Å². The summed E-state index contributed by atoms with van der Waals surface area (Å²) in [5.41, 5.74) is 3.71. The Morgan fingerprint density at radius 3 is 2.66 bits per heavy atom. The molecule has 1 unspecified atom stereocenters. The summed E-state index contributed by atoms with van der Waals surface area (Å²) in [5.74, 6) is 3.42. The van der Waals surface area contributed by atoms with Crippen LogP contribution in [0.4, 0.5) is 0 Å². The van der Waals surface area contributed by atoms with Crippen LogP contribution >= 0.6 is 0 Å². The number of hydrogen-bond donors (Lipinski definition) is 1. The second kappa shape index (κ2) is 9.29. The molecule has 0 aliphatic heterocycles. The van der Waals surface area contributed by atoms with Gasteiger partial charge in [-0.1, -0.05) is 43.2 Å². The molecule has 170 valence electrons. The number of aryl methyl sites for hydroxylation is 1. The molecule has 1 N–H and O–H groups in total. The molecule has 3 heteroatoms. The second-order valence-electron chi connectivity index (χ2n) is 10.4. The van der Waals surface area contributed by atoms with Crippen LogP contribution in [0.1, 0.15) is 93.2 Å². The number of ketones is 1. The van der Waals surface area contributed by atoms with Crippen LogP contribution in [-0.4, -0.2) is 17.0 Å². The maximum Gasteiger partial charge on any atom is 0.133 e. The summed E-state index contributed by atoms with van der Waals surface area (Å²) >= 11 is 0. The molecule has 32 heavy (non-hydrogen) atoms. The van der Waals surface area contributed by atoms with Crippen molar-refractivity contribution in [1.29, 1.82) is 0 Å². The Labute approximate surface area is 192 Å². The number of hydrogen-bond acceptors (Lipinski definition) is 3. The number of benzene rings is 2. The Balaban J connectivity index is 1.33. The Kier molecular flexibility index (Phi) is 6.26. The topological polar surface area (TPSA) is 46.5 Å². The molecule has 0 saturated heterocycles. The molecule has 0 aromatic heterocycles. The molecule has 2 aromatic carbocycles. The number of ether oxygens (including phenoxy) is 1. The predicted octanol–water partition coefficient (Wildman–Crippen LogP) is 6.92. The zero-order valence-corrected chi connectivity index (χ0v) is 19.3. The fraction of sp³-hybridized carbons (Fsp3) is 0.552. The molecule has 0 amide bonds. The first-order chi connectivity index (χ1) is 15.6. The van der Waals surface area contributed by atoms with Gasteiger partial charge in [-0.05, 0) is 86.3 Å². The highest BCUT2D eigenvalue weighted by atomic mass is 16.5. The number of fused-ring (bicyclic) bond motifs is 6. The average molecular weight is 433 g/mol. The summed E-state index contributed by atoms with van der Waals surface area (Å²) in [6.07, 6.45) is 10.6. The van der Waals surface area contributed by atoms with Crippen molar-refractivity contribution >= 4 is 5.78 Å². The molecule has 3 aliphatic rings. The number of phenolic OH excluding ortho intramolecular Hbond substituents is 1. The van der Waals surface area contributed by atoms with E-state index in [1.807, 2.05) is 6.07 Å². The second-order valence-corrected chi connectivity index (χ2v) is 10.4. The minimum absolute atomic E-state index is 0.103. The summed E-state index contributed by atoms with van der Waals surface area (Å²) in [6, 6.07) is 14.6. The van der Waals surface area contributed by atoms with E-state index in [1.54, 1.807) is 0 Å². The quantitative estimate of drug-likeness (QED) is 0.539. The van der Waals surface area contributed by atoms with Gasteiger partial charge >= 0.3 is 0 Å². The van der Waals surface area contributed by atoms with Gasteiger partial charge in [0.1, 0.15) is 17.3 Å². The van der Waals surface area contributed by atoms with E-state index in [1.165, 1.54) is 36.8 Å². The van der Waals surface area contributed by atoms with Gasteiger partial charge in [-0.15, -0.1) is 0 Å². The lowest BCUT2D eigenvalue weighted by atomic mass is 9.55. The summed E-state index contributed by atoms with van der Waals surface area (Å²) < 4.78 is 6.31. The Morgan fingerprint density at radius 1 is 1.03 bits per heavy atom. The Morgan fingerprint density at radius 2 is 1.81 bits per heavy atom. The van der Waals surface area contributed by atoms with Crippen molar-refractivity contribution in [2.45, 2.75) is 89.1 Å². The van der Waals surface area contributed by atoms with E-state index in [4.69, 9.17) is 4.74 Å². The van der Waals surface area contributed by atoms with Gasteiger partial charge in [0.15, 0.2) is 0 Å². The molecular formula is C29H36O3. The minimum Gasteiger partial charge on any atom is -0.508 e. The summed E-state index contributed by atoms with van der Waals surface area (Å²) in [7, 11) is 0. The molecule has 3 nitrogen and oxygen atoms in total. The molecular weight excluding hydrogens is 396 g/mol. The number of phenols is 1. The smallest absolute Gasteiger partial charge is 0.133 e. The Hall–Kier alpha value is -2.29. The Bertz CT molecular complexity index is 950. The molecule has 0 radical (unpaired) electrons. The van der Waals surface area contributed by atoms with Crippen molar-refractivity contribution in [3.8, 4) is 11.5 Å². The van der Waals surface area contributed by atoms with Crippen molar-refractivity contribution in [2.24, 2.45) is 11.8 Å². The lowest BCUT2D eigenvalue weighted by Crippen LogP contribution is -2.38. The van der Waals surface area contributed by atoms with Crippen LogP contribution in [0.2, 0.25) is 0 Å². The van der Waals surface area contributed by atoms with Gasteiger partial charge in [0.2, 0.25) is 0 Å². The van der Waals surface area contributed by atoms with Crippen molar-refractivity contribution in [3.05, 3.63) is 59.2 Å². The molecule has 0 bridgehead atoms. The first-order valence-corrected chi connectivity index (χ1v) is 12.7. The number of Topliss-reactive ketones (excluding diaryl/α,β-unsaturated/α-hetero) is 1. The average Bonchev–Trinajstić information content (AvgIpc) is 2.79. The van der Waals surface area contributed by atoms with Crippen LogP contribution in [0.5, 0.6) is 11.5 Å². The van der Waals surface area contributed by atoms with Gasteiger partial charge in [0.05, 0.1) is 6.10 Å². The van der Waals surface area contributed by atoms with Crippen LogP contribution in [0.15, 0.2) is 42.5 Å². The third kappa shape index (κ3) is 4.31. The van der Waals surface area contributed by atoms with Gasteiger partial charge in [0, 0.05) is 24.5 Å². The normalized spacial score (nSPS) is 27.7. The number of carbonyl (C=O) groups excluding carboxylic acids is 1. The molecule has 5 rings (SSSR count). The highest BCUT2D eigenvalue weighted by Crippen LogP contribution is 2.58. The highest BCUT2D eigenvalue weighted by Gasteiger charge is 2.47. The lowest BCUT2D eigenvalue weighted by Gasteiger charge is -2.48. The van der Waals surface area contributed by atoms with E-state index in [2.05, 4.69) is 43.3 Å². The number of aromatic hydroxyl groups is 1. The fourth-order valence-corrected chi connectivity index (χ4v) is 6.86. The molecule has 0 spiro atoms. The van der Waals surface area contributed by atoms with Crippen LogP contribution < -0.4 is 4.74 Å². The fourth-order valence-electron chi connectivity index (χ4n) is 6.86. The standard InChI is InChI=1S/C29H36O3/c1-19(8-7-11-20-9-3-2-4-10-20)32-22-17-27-24-13-6-5-12-23(24)25-15-14-21(30)16-26(25)29(27)28(31)18-22/h2-4,9-10,17-19,23-26,31H,5-8,11-16H2,1H3/t19?,23-,24+,25+,26-/m1/s1. The van der Waals surface area contributed by atoms with Gasteiger partial charge in [-0.2, -0.15) is 0 Å². The molecule has 5 atom stereocenters. The maximum absolute atomic E-state index is 12.3. The summed E-state index contributed by atoms with van der Waals surface area (Å²) in [5, 5.41) is 11.1. The number of rotatable bonds is 6. The summed E-state index contributed by atoms with van der Waals surface area (Å²) in [6.45, 7) is 2.13. The molecule has 2 saturated carbocycles. The van der Waals surface area contributed by atoms with E-state index in [0.29, 0.717) is 35.7 Å². The highest BCUT2D eigenvalue weighted by molar-refractivity contribution is 5.81. The van der Waals surface area contributed by atoms with Crippen molar-refractivity contribution in [1.82, 2.24) is 0 Å². The van der Waals surface area contributed by atoms with E-state index >= 15 is 0 Å². The van der Waals surface area contributed by atoms with E-state index in [-0.39, 0.29) is 12.0 Å². The van der Waals surface area contributed by atoms with Gasteiger partial charge in [-0.25, -0.2) is 0 Å². The lowest BCUT2D eigenvalue weighted by molar-refractivity contribution is -0.122. The number of carbonyl (C=O) groups is 1. The van der Waals surface area contributed by atoms with Gasteiger partial charge in [-0.3, -0.25) is 4.79 Å². The first kappa shape index (κ1) is 21.6. The van der Waals surface area contributed by atoms with Crippen molar-refractivity contribution < 1.29 is 14.6 Å². The zero-order chi connectivity index (χ0) is 22.1. The monoisotopic (exact) mass is 432 g/mol.